The van der Waals surface area contributed by atoms with Crippen molar-refractivity contribution in [2.45, 2.75) is 29.8 Å². The van der Waals surface area contributed by atoms with Gasteiger partial charge in [0.25, 0.3) is 0 Å². The highest BCUT2D eigenvalue weighted by Crippen LogP contribution is 2.45. The first-order valence-corrected chi connectivity index (χ1v) is 8.24. The van der Waals surface area contributed by atoms with Crippen molar-refractivity contribution in [3.63, 3.8) is 0 Å². The number of hydrogen-bond donors (Lipinski definition) is 0. The smallest absolute Gasteiger partial charge is 0.191 e. The van der Waals surface area contributed by atoms with Crippen LogP contribution in [0, 0.1) is 0 Å². The van der Waals surface area contributed by atoms with Gasteiger partial charge in [-0.3, -0.25) is 4.79 Å². The number of carbonyl (C=O) groups excluding carboxylic acids is 1. The molecule has 110 valence electrons. The van der Waals surface area contributed by atoms with Crippen molar-refractivity contribution < 1.29 is 4.79 Å². The van der Waals surface area contributed by atoms with E-state index < -0.39 is 0 Å². The fourth-order valence-electron chi connectivity index (χ4n) is 2.70. The van der Waals surface area contributed by atoms with Crippen molar-refractivity contribution in [2.24, 2.45) is 7.05 Å². The summed E-state index contributed by atoms with van der Waals surface area (Å²) in [6, 6.07) is 7.68. The molecule has 1 heterocycles. The number of aromatic nitrogens is 3. The van der Waals surface area contributed by atoms with Crippen molar-refractivity contribution in [1.82, 2.24) is 14.8 Å². The minimum atomic E-state index is -0.323. The summed E-state index contributed by atoms with van der Waals surface area (Å²) < 4.78 is 1.83. The first kappa shape index (κ1) is 14.6. The van der Waals surface area contributed by atoms with Gasteiger partial charge in [-0.1, -0.05) is 41.9 Å². The molecule has 0 N–H and O–H groups in total. The molecule has 0 radical (unpaired) electrons. The van der Waals surface area contributed by atoms with Crippen molar-refractivity contribution in [2.75, 3.05) is 5.75 Å². The summed E-state index contributed by atoms with van der Waals surface area (Å²) in [7, 11) is 1.88. The predicted molar refractivity (Wildman–Crippen MR) is 83.7 cm³/mol. The SMILES string of the molecule is Cn1cnnc1SCC(=O)C1(c2ccc(Cl)cc2)CCC1. The molecule has 0 bridgehead atoms. The highest BCUT2D eigenvalue weighted by molar-refractivity contribution is 7.99. The second kappa shape index (κ2) is 5.81. The summed E-state index contributed by atoms with van der Waals surface area (Å²) in [6.45, 7) is 0. The van der Waals surface area contributed by atoms with E-state index in [1.54, 1.807) is 6.33 Å². The predicted octanol–water partition coefficient (Wildman–Crippen LogP) is 3.25. The molecule has 0 unspecified atom stereocenters. The van der Waals surface area contributed by atoms with E-state index in [0.717, 1.165) is 30.0 Å². The lowest BCUT2D eigenvalue weighted by molar-refractivity contribution is -0.125. The number of carbonyl (C=O) groups is 1. The molecule has 0 saturated heterocycles. The zero-order valence-corrected chi connectivity index (χ0v) is 13.3. The molecule has 0 aliphatic heterocycles. The van der Waals surface area contributed by atoms with Crippen LogP contribution in [0.15, 0.2) is 35.7 Å². The number of ketones is 1. The van der Waals surface area contributed by atoms with E-state index in [4.69, 9.17) is 11.6 Å². The van der Waals surface area contributed by atoms with E-state index in [2.05, 4.69) is 10.2 Å². The molecule has 0 atom stereocenters. The average molecular weight is 322 g/mol. The lowest BCUT2D eigenvalue weighted by atomic mass is 9.62. The molecule has 1 fully saturated rings. The van der Waals surface area contributed by atoms with Gasteiger partial charge in [-0.15, -0.1) is 10.2 Å². The number of rotatable bonds is 5. The van der Waals surface area contributed by atoms with Gasteiger partial charge in [-0.2, -0.15) is 0 Å². The van der Waals surface area contributed by atoms with E-state index in [1.807, 2.05) is 35.9 Å². The first-order valence-electron chi connectivity index (χ1n) is 6.88. The van der Waals surface area contributed by atoms with Gasteiger partial charge in [0.05, 0.1) is 11.2 Å². The summed E-state index contributed by atoms with van der Waals surface area (Å²) in [5.74, 6) is 0.693. The van der Waals surface area contributed by atoms with Crippen LogP contribution in [-0.2, 0) is 17.3 Å². The third kappa shape index (κ3) is 2.72. The molecule has 1 aromatic carbocycles. The van der Waals surface area contributed by atoms with Gasteiger partial charge in [-0.05, 0) is 30.5 Å². The number of Topliss-reactive ketones (excluding diaryl/α,β-unsaturated/α-hetero) is 1. The van der Waals surface area contributed by atoms with Crippen molar-refractivity contribution in [3.8, 4) is 0 Å². The van der Waals surface area contributed by atoms with Crippen LogP contribution in [0.2, 0.25) is 5.02 Å². The quantitative estimate of drug-likeness (QED) is 0.793. The Labute approximate surface area is 132 Å². The highest BCUT2D eigenvalue weighted by atomic mass is 35.5. The zero-order chi connectivity index (χ0) is 14.9. The maximum atomic E-state index is 12.7. The molecular weight excluding hydrogens is 306 g/mol. The zero-order valence-electron chi connectivity index (χ0n) is 11.8. The van der Waals surface area contributed by atoms with E-state index in [9.17, 15) is 4.79 Å². The summed E-state index contributed by atoms with van der Waals surface area (Å²) in [5, 5.41) is 9.31. The number of thioether (sulfide) groups is 1. The second-order valence-corrected chi connectivity index (χ2v) is 6.76. The monoisotopic (exact) mass is 321 g/mol. The van der Waals surface area contributed by atoms with Gasteiger partial charge < -0.3 is 4.57 Å². The summed E-state index contributed by atoms with van der Waals surface area (Å²) in [6.07, 6.45) is 4.59. The normalized spacial score (nSPS) is 16.5. The van der Waals surface area contributed by atoms with Gasteiger partial charge in [0.2, 0.25) is 0 Å². The Morgan fingerprint density at radius 1 is 1.38 bits per heavy atom. The molecule has 1 aromatic heterocycles. The summed E-state index contributed by atoms with van der Waals surface area (Å²) in [5.41, 5.74) is 0.762. The summed E-state index contributed by atoms with van der Waals surface area (Å²) >= 11 is 7.39. The second-order valence-electron chi connectivity index (χ2n) is 5.38. The number of nitrogens with zero attached hydrogens (tertiary/aromatic N) is 3. The van der Waals surface area contributed by atoms with Crippen molar-refractivity contribution in [3.05, 3.63) is 41.2 Å². The standard InChI is InChI=1S/C15H16ClN3OS/c1-19-10-17-18-14(19)21-9-13(20)15(7-2-8-15)11-3-5-12(16)6-4-11/h3-6,10H,2,7-9H2,1H3. The van der Waals surface area contributed by atoms with Crippen LogP contribution in [0.5, 0.6) is 0 Å². The Hall–Kier alpha value is -1.33. The van der Waals surface area contributed by atoms with Gasteiger partial charge in [0.1, 0.15) is 6.33 Å². The lowest BCUT2D eigenvalue weighted by Gasteiger charge is -2.41. The third-order valence-electron chi connectivity index (χ3n) is 4.14. The maximum absolute atomic E-state index is 12.7. The topological polar surface area (TPSA) is 47.8 Å². The minimum absolute atomic E-state index is 0.268. The number of halogens is 1. The molecule has 3 rings (SSSR count). The minimum Gasteiger partial charge on any atom is -0.312 e. The van der Waals surface area contributed by atoms with Gasteiger partial charge in [-0.25, -0.2) is 0 Å². The fourth-order valence-corrected chi connectivity index (χ4v) is 3.72. The van der Waals surface area contributed by atoms with E-state index in [0.29, 0.717) is 10.8 Å². The number of hydrogen-bond acceptors (Lipinski definition) is 4. The van der Waals surface area contributed by atoms with Gasteiger partial charge in [0.15, 0.2) is 10.9 Å². The number of benzene rings is 1. The molecule has 0 amide bonds. The molecule has 1 saturated carbocycles. The molecule has 4 nitrogen and oxygen atoms in total. The largest absolute Gasteiger partial charge is 0.312 e. The van der Waals surface area contributed by atoms with Gasteiger partial charge >= 0.3 is 0 Å². The van der Waals surface area contributed by atoms with Crippen molar-refractivity contribution in [1.29, 1.82) is 0 Å². The molecule has 1 aliphatic rings. The van der Waals surface area contributed by atoms with E-state index >= 15 is 0 Å². The van der Waals surface area contributed by atoms with Crippen LogP contribution in [-0.4, -0.2) is 26.3 Å². The molecule has 1 aliphatic carbocycles. The Morgan fingerprint density at radius 2 is 2.10 bits per heavy atom. The van der Waals surface area contributed by atoms with Crippen LogP contribution in [0.1, 0.15) is 24.8 Å². The third-order valence-corrected chi connectivity index (χ3v) is 5.43. The first-order chi connectivity index (χ1) is 10.1. The van der Waals surface area contributed by atoms with Gasteiger partial charge in [0, 0.05) is 12.1 Å². The van der Waals surface area contributed by atoms with Crippen LogP contribution in [0.4, 0.5) is 0 Å². The molecule has 21 heavy (non-hydrogen) atoms. The highest BCUT2D eigenvalue weighted by Gasteiger charge is 2.44. The maximum Gasteiger partial charge on any atom is 0.191 e. The molecular formula is C15H16ClN3OS. The average Bonchev–Trinajstić information content (AvgIpc) is 2.83. The number of aryl methyl sites for hydroxylation is 1. The van der Waals surface area contributed by atoms with Crippen LogP contribution >= 0.6 is 23.4 Å². The lowest BCUT2D eigenvalue weighted by Crippen LogP contribution is -2.43. The Bertz CT molecular complexity index is 649. The fraction of sp³-hybridized carbons (Fsp3) is 0.400. The molecule has 0 spiro atoms. The molecule has 6 heteroatoms. The Kier molecular flexibility index (Phi) is 4.04. The van der Waals surface area contributed by atoms with E-state index in [-0.39, 0.29) is 11.2 Å². The molecule has 2 aromatic rings. The van der Waals surface area contributed by atoms with E-state index in [1.165, 1.54) is 11.8 Å². The van der Waals surface area contributed by atoms with Crippen LogP contribution in [0.3, 0.4) is 0 Å². The summed E-state index contributed by atoms with van der Waals surface area (Å²) in [4.78, 5) is 12.7. The van der Waals surface area contributed by atoms with Crippen LogP contribution < -0.4 is 0 Å². The van der Waals surface area contributed by atoms with Crippen molar-refractivity contribution >= 4 is 29.1 Å². The van der Waals surface area contributed by atoms with Crippen LogP contribution in [0.25, 0.3) is 0 Å². The Morgan fingerprint density at radius 3 is 2.62 bits per heavy atom. The Balaban J connectivity index is 1.75.